The zero-order chi connectivity index (χ0) is 14.6. The number of rotatable bonds is 5. The Hall–Kier alpha value is -0.120. The van der Waals surface area contributed by atoms with E-state index in [1.165, 1.54) is 25.7 Å². The van der Waals surface area contributed by atoms with Crippen LogP contribution < -0.4 is 5.32 Å². The Kier molecular flexibility index (Phi) is 5.88. The van der Waals surface area contributed by atoms with Gasteiger partial charge in [0.05, 0.1) is 18.8 Å². The molecule has 118 valence electrons. The largest absolute Gasteiger partial charge is 0.394 e. The molecule has 2 aliphatic rings. The van der Waals surface area contributed by atoms with Crippen LogP contribution in [0.25, 0.3) is 0 Å². The average Bonchev–Trinajstić information content (AvgIpc) is 2.38. The molecule has 20 heavy (non-hydrogen) atoms. The highest BCUT2D eigenvalue weighted by molar-refractivity contribution is 4.95. The summed E-state index contributed by atoms with van der Waals surface area (Å²) in [5.74, 6) is 0.814. The topological polar surface area (TPSA) is 41.5 Å². The third kappa shape index (κ3) is 4.44. The SMILES string of the molecule is CC1CCCC(OC2CCCC(CO)(NC(C)C)C2)C1. The van der Waals surface area contributed by atoms with Gasteiger partial charge in [0.1, 0.15) is 0 Å². The number of hydrogen-bond acceptors (Lipinski definition) is 3. The van der Waals surface area contributed by atoms with Crippen molar-refractivity contribution in [3.8, 4) is 0 Å². The Bertz CT molecular complexity index is 295. The highest BCUT2D eigenvalue weighted by Crippen LogP contribution is 2.34. The van der Waals surface area contributed by atoms with Gasteiger partial charge in [0, 0.05) is 11.6 Å². The first-order valence-electron chi connectivity index (χ1n) is 8.57. The second-order valence-electron chi connectivity index (χ2n) is 7.49. The minimum Gasteiger partial charge on any atom is -0.394 e. The van der Waals surface area contributed by atoms with Gasteiger partial charge in [0.15, 0.2) is 0 Å². The van der Waals surface area contributed by atoms with Crippen molar-refractivity contribution in [2.75, 3.05) is 6.61 Å². The van der Waals surface area contributed by atoms with Crippen molar-refractivity contribution in [3.63, 3.8) is 0 Å². The van der Waals surface area contributed by atoms with Crippen molar-refractivity contribution in [2.24, 2.45) is 5.92 Å². The predicted molar refractivity (Wildman–Crippen MR) is 82.8 cm³/mol. The summed E-state index contributed by atoms with van der Waals surface area (Å²) in [5, 5.41) is 13.4. The molecule has 0 heterocycles. The van der Waals surface area contributed by atoms with Crippen LogP contribution in [0.5, 0.6) is 0 Å². The van der Waals surface area contributed by atoms with Crippen molar-refractivity contribution in [1.29, 1.82) is 0 Å². The molecule has 3 nitrogen and oxygen atoms in total. The molecule has 2 aliphatic carbocycles. The van der Waals surface area contributed by atoms with Crippen molar-refractivity contribution in [1.82, 2.24) is 5.32 Å². The molecule has 2 fully saturated rings. The molecule has 4 unspecified atom stereocenters. The number of nitrogens with one attached hydrogen (secondary N) is 1. The number of aliphatic hydroxyl groups is 1. The third-order valence-electron chi connectivity index (χ3n) is 4.97. The van der Waals surface area contributed by atoms with Crippen LogP contribution in [0.2, 0.25) is 0 Å². The van der Waals surface area contributed by atoms with Crippen LogP contribution in [-0.4, -0.2) is 35.5 Å². The standard InChI is InChI=1S/C17H33NO2/c1-13(2)18-17(12-19)9-5-8-16(11-17)20-15-7-4-6-14(3)10-15/h13-16,18-19H,4-12H2,1-3H3. The van der Waals surface area contributed by atoms with Gasteiger partial charge in [-0.3, -0.25) is 0 Å². The highest BCUT2D eigenvalue weighted by Gasteiger charge is 2.37. The summed E-state index contributed by atoms with van der Waals surface area (Å²) in [7, 11) is 0. The fourth-order valence-electron chi connectivity index (χ4n) is 4.13. The van der Waals surface area contributed by atoms with Crippen LogP contribution in [0.3, 0.4) is 0 Å². The number of hydrogen-bond donors (Lipinski definition) is 2. The molecule has 4 atom stereocenters. The average molecular weight is 283 g/mol. The summed E-state index contributed by atoms with van der Waals surface area (Å²) in [4.78, 5) is 0. The fourth-order valence-corrected chi connectivity index (χ4v) is 4.13. The van der Waals surface area contributed by atoms with E-state index in [1.54, 1.807) is 0 Å². The van der Waals surface area contributed by atoms with E-state index in [0.717, 1.165) is 31.6 Å². The minimum atomic E-state index is -0.114. The van der Waals surface area contributed by atoms with Gasteiger partial charge in [0.25, 0.3) is 0 Å². The van der Waals surface area contributed by atoms with Gasteiger partial charge in [-0.25, -0.2) is 0 Å². The lowest BCUT2D eigenvalue weighted by Gasteiger charge is -2.43. The van der Waals surface area contributed by atoms with E-state index in [0.29, 0.717) is 18.2 Å². The van der Waals surface area contributed by atoms with E-state index >= 15 is 0 Å². The van der Waals surface area contributed by atoms with Crippen molar-refractivity contribution >= 4 is 0 Å². The monoisotopic (exact) mass is 283 g/mol. The lowest BCUT2D eigenvalue weighted by Crippen LogP contribution is -2.55. The van der Waals surface area contributed by atoms with Gasteiger partial charge >= 0.3 is 0 Å². The van der Waals surface area contributed by atoms with Crippen LogP contribution in [0.15, 0.2) is 0 Å². The van der Waals surface area contributed by atoms with Crippen molar-refractivity contribution in [2.45, 2.75) is 95.9 Å². The molecular formula is C17H33NO2. The summed E-state index contributed by atoms with van der Waals surface area (Å²) in [6.07, 6.45) is 10.3. The second kappa shape index (κ2) is 7.24. The molecule has 0 spiro atoms. The highest BCUT2D eigenvalue weighted by atomic mass is 16.5. The Morgan fingerprint density at radius 2 is 1.95 bits per heavy atom. The Morgan fingerprint density at radius 1 is 1.20 bits per heavy atom. The van der Waals surface area contributed by atoms with E-state index in [2.05, 4.69) is 26.1 Å². The second-order valence-corrected chi connectivity index (χ2v) is 7.49. The normalized spacial score (nSPS) is 39.1. The van der Waals surface area contributed by atoms with Crippen LogP contribution >= 0.6 is 0 Å². The molecule has 0 aliphatic heterocycles. The molecule has 0 radical (unpaired) electrons. The van der Waals surface area contributed by atoms with Gasteiger partial charge in [-0.15, -0.1) is 0 Å². The molecule has 2 N–H and O–H groups in total. The first kappa shape index (κ1) is 16.3. The summed E-state index contributed by atoms with van der Waals surface area (Å²) in [6, 6.07) is 0.413. The molecule has 2 saturated carbocycles. The Morgan fingerprint density at radius 3 is 2.60 bits per heavy atom. The maximum Gasteiger partial charge on any atom is 0.0614 e. The van der Waals surface area contributed by atoms with Crippen LogP contribution in [0, 0.1) is 5.92 Å². The van der Waals surface area contributed by atoms with Crippen LogP contribution in [0.1, 0.15) is 72.1 Å². The summed E-state index contributed by atoms with van der Waals surface area (Å²) in [6.45, 7) is 6.89. The van der Waals surface area contributed by atoms with E-state index in [1.807, 2.05) is 0 Å². The van der Waals surface area contributed by atoms with Crippen LogP contribution in [-0.2, 0) is 4.74 Å². The quantitative estimate of drug-likeness (QED) is 0.814. The van der Waals surface area contributed by atoms with E-state index in [4.69, 9.17) is 4.74 Å². The molecule has 0 bridgehead atoms. The first-order chi connectivity index (χ1) is 9.53. The van der Waals surface area contributed by atoms with Gasteiger partial charge in [-0.2, -0.15) is 0 Å². The zero-order valence-electron chi connectivity index (χ0n) is 13.5. The summed E-state index contributed by atoms with van der Waals surface area (Å²) < 4.78 is 6.39. The van der Waals surface area contributed by atoms with Crippen LogP contribution in [0.4, 0.5) is 0 Å². The van der Waals surface area contributed by atoms with Crippen molar-refractivity contribution in [3.05, 3.63) is 0 Å². The number of aliphatic hydroxyl groups excluding tert-OH is 1. The predicted octanol–water partition coefficient (Wildman–Crippen LogP) is 3.25. The van der Waals surface area contributed by atoms with Crippen molar-refractivity contribution < 1.29 is 9.84 Å². The van der Waals surface area contributed by atoms with Gasteiger partial charge in [0.2, 0.25) is 0 Å². The molecule has 3 heteroatoms. The van der Waals surface area contributed by atoms with E-state index in [-0.39, 0.29) is 12.1 Å². The Balaban J connectivity index is 1.88. The van der Waals surface area contributed by atoms with E-state index in [9.17, 15) is 5.11 Å². The maximum atomic E-state index is 9.84. The van der Waals surface area contributed by atoms with Gasteiger partial charge in [-0.1, -0.05) is 33.6 Å². The van der Waals surface area contributed by atoms with Gasteiger partial charge < -0.3 is 15.2 Å². The molecule has 0 amide bonds. The maximum absolute atomic E-state index is 9.84. The third-order valence-corrected chi connectivity index (χ3v) is 4.97. The molecule has 0 aromatic rings. The molecule has 0 aromatic heterocycles. The number of ether oxygens (including phenoxy) is 1. The minimum absolute atomic E-state index is 0.114. The lowest BCUT2D eigenvalue weighted by atomic mass is 9.79. The Labute approximate surface area is 124 Å². The molecule has 2 rings (SSSR count). The van der Waals surface area contributed by atoms with Gasteiger partial charge in [-0.05, 0) is 44.4 Å². The van der Waals surface area contributed by atoms with E-state index < -0.39 is 0 Å². The fraction of sp³-hybridized carbons (Fsp3) is 1.00. The molecular weight excluding hydrogens is 250 g/mol. The summed E-state index contributed by atoms with van der Waals surface area (Å²) >= 11 is 0. The molecule has 0 saturated heterocycles. The first-order valence-corrected chi connectivity index (χ1v) is 8.57. The smallest absolute Gasteiger partial charge is 0.0614 e. The summed E-state index contributed by atoms with van der Waals surface area (Å²) in [5.41, 5.74) is -0.114. The lowest BCUT2D eigenvalue weighted by molar-refractivity contribution is -0.0756. The molecule has 0 aromatic carbocycles. The zero-order valence-corrected chi connectivity index (χ0v) is 13.5.